The minimum absolute atomic E-state index is 0.0164. The van der Waals surface area contributed by atoms with Crippen LogP contribution in [0.5, 0.6) is 0 Å². The van der Waals surface area contributed by atoms with Crippen LogP contribution < -0.4 is 5.73 Å². The first-order valence-electron chi connectivity index (χ1n) is 4.81. The first-order valence-corrected chi connectivity index (χ1v) is 5.69. The molecule has 16 heavy (non-hydrogen) atoms. The summed E-state index contributed by atoms with van der Waals surface area (Å²) < 4.78 is 1.63. The summed E-state index contributed by atoms with van der Waals surface area (Å²) in [6, 6.07) is -0.601. The topological polar surface area (TPSA) is 73.8 Å². The number of ketones is 1. The summed E-state index contributed by atoms with van der Waals surface area (Å²) in [5.41, 5.74) is 8.30. The van der Waals surface area contributed by atoms with Crippen molar-refractivity contribution in [3.8, 4) is 0 Å². The Bertz CT molecular complexity index is 477. The van der Waals surface area contributed by atoms with E-state index in [1.165, 1.54) is 11.3 Å². The molecule has 0 aliphatic carbocycles. The molecule has 0 spiro atoms. The summed E-state index contributed by atoms with van der Waals surface area (Å²) in [5, 5.41) is 3.99. The molecule has 1 unspecified atom stereocenters. The standard InChI is InChI=1S/C10H12N4OS/c1-14-5-7(3-13-14)10(11)9(15)2-8-4-12-6-16-8/h3-6,10H,2,11H2,1H3. The number of aryl methyl sites for hydroxylation is 1. The molecule has 0 aliphatic rings. The molecule has 2 aromatic rings. The van der Waals surface area contributed by atoms with Crippen LogP contribution in [0.15, 0.2) is 24.1 Å². The summed E-state index contributed by atoms with van der Waals surface area (Å²) >= 11 is 1.46. The third kappa shape index (κ3) is 2.34. The smallest absolute Gasteiger partial charge is 0.159 e. The van der Waals surface area contributed by atoms with Crippen LogP contribution in [0.4, 0.5) is 0 Å². The molecule has 2 N–H and O–H groups in total. The average Bonchev–Trinajstić information content (AvgIpc) is 2.88. The minimum Gasteiger partial charge on any atom is -0.318 e. The lowest BCUT2D eigenvalue weighted by Gasteiger charge is -2.06. The maximum Gasteiger partial charge on any atom is 0.159 e. The summed E-state index contributed by atoms with van der Waals surface area (Å²) in [7, 11) is 1.80. The van der Waals surface area contributed by atoms with Crippen LogP contribution in [0.1, 0.15) is 16.5 Å². The second-order valence-electron chi connectivity index (χ2n) is 3.54. The SMILES string of the molecule is Cn1cc(C(N)C(=O)Cc2cncs2)cn1. The lowest BCUT2D eigenvalue weighted by molar-refractivity contribution is -0.119. The van der Waals surface area contributed by atoms with E-state index in [-0.39, 0.29) is 5.78 Å². The molecule has 2 heterocycles. The molecule has 6 heteroatoms. The molecule has 84 valence electrons. The summed E-state index contributed by atoms with van der Waals surface area (Å²) in [5.74, 6) is -0.0164. The van der Waals surface area contributed by atoms with E-state index in [0.717, 1.165) is 10.4 Å². The molecule has 0 amide bonds. The Balaban J connectivity index is 2.05. The normalized spacial score (nSPS) is 12.6. The number of carbonyl (C=O) groups is 1. The number of aromatic nitrogens is 3. The van der Waals surface area contributed by atoms with Gasteiger partial charge in [0.2, 0.25) is 0 Å². The van der Waals surface area contributed by atoms with Crippen molar-refractivity contribution in [2.45, 2.75) is 12.5 Å². The number of hydrogen-bond acceptors (Lipinski definition) is 5. The molecule has 0 saturated carbocycles. The van der Waals surface area contributed by atoms with Crippen molar-refractivity contribution in [2.24, 2.45) is 12.8 Å². The third-order valence-corrected chi connectivity index (χ3v) is 3.04. The molecule has 0 aliphatic heterocycles. The second kappa shape index (κ2) is 4.54. The van der Waals surface area contributed by atoms with Crippen molar-refractivity contribution < 1.29 is 4.79 Å². The predicted octanol–water partition coefficient (Wildman–Crippen LogP) is 0.688. The Labute approximate surface area is 96.9 Å². The first-order chi connectivity index (χ1) is 7.66. The highest BCUT2D eigenvalue weighted by Gasteiger charge is 2.17. The molecule has 0 aromatic carbocycles. The van der Waals surface area contributed by atoms with Gasteiger partial charge in [-0.1, -0.05) is 0 Å². The largest absolute Gasteiger partial charge is 0.318 e. The lowest BCUT2D eigenvalue weighted by atomic mass is 10.1. The number of thiazole rings is 1. The summed E-state index contributed by atoms with van der Waals surface area (Å²) in [6.45, 7) is 0. The monoisotopic (exact) mass is 236 g/mol. The zero-order valence-electron chi connectivity index (χ0n) is 8.83. The number of hydrogen-bond donors (Lipinski definition) is 1. The Morgan fingerprint density at radius 2 is 2.44 bits per heavy atom. The quantitative estimate of drug-likeness (QED) is 0.847. The molecule has 2 aromatic heterocycles. The number of nitrogens with two attached hydrogens (primary N) is 1. The van der Waals surface area contributed by atoms with Gasteiger partial charge in [0.15, 0.2) is 5.78 Å². The van der Waals surface area contributed by atoms with Gasteiger partial charge in [0.25, 0.3) is 0 Å². The first kappa shape index (κ1) is 11.0. The van der Waals surface area contributed by atoms with Crippen LogP contribution in [0.3, 0.4) is 0 Å². The van der Waals surface area contributed by atoms with Crippen LogP contribution in [0.2, 0.25) is 0 Å². The van der Waals surface area contributed by atoms with Gasteiger partial charge in [0.1, 0.15) is 0 Å². The summed E-state index contributed by atoms with van der Waals surface area (Å²) in [6.07, 6.45) is 5.41. The fourth-order valence-corrected chi connectivity index (χ4v) is 2.00. The summed E-state index contributed by atoms with van der Waals surface area (Å²) in [4.78, 5) is 16.7. The van der Waals surface area contributed by atoms with Crippen molar-refractivity contribution in [1.82, 2.24) is 14.8 Å². The molecule has 2 rings (SSSR count). The minimum atomic E-state index is -0.601. The second-order valence-corrected chi connectivity index (χ2v) is 4.51. The molecule has 0 radical (unpaired) electrons. The van der Waals surface area contributed by atoms with Gasteiger partial charge in [-0.2, -0.15) is 5.10 Å². The van der Waals surface area contributed by atoms with Crippen LogP contribution in [0, 0.1) is 0 Å². The predicted molar refractivity (Wildman–Crippen MR) is 61.0 cm³/mol. The van der Waals surface area contributed by atoms with E-state index in [4.69, 9.17) is 5.73 Å². The van der Waals surface area contributed by atoms with Gasteiger partial charge >= 0.3 is 0 Å². The maximum absolute atomic E-state index is 11.8. The van der Waals surface area contributed by atoms with E-state index in [9.17, 15) is 4.79 Å². The van der Waals surface area contributed by atoms with Gasteiger partial charge in [-0.05, 0) is 0 Å². The Morgan fingerprint density at radius 1 is 1.62 bits per heavy atom. The van der Waals surface area contributed by atoms with Gasteiger partial charge in [0, 0.05) is 36.3 Å². The molecule has 5 nitrogen and oxygen atoms in total. The third-order valence-electron chi connectivity index (χ3n) is 2.26. The van der Waals surface area contributed by atoms with E-state index in [2.05, 4.69) is 10.1 Å². The molecule has 0 saturated heterocycles. The fraction of sp³-hybridized carbons (Fsp3) is 0.300. The number of rotatable bonds is 4. The highest BCUT2D eigenvalue weighted by molar-refractivity contribution is 7.09. The molecular formula is C10H12N4OS. The van der Waals surface area contributed by atoms with Crippen LogP contribution >= 0.6 is 11.3 Å². The zero-order chi connectivity index (χ0) is 11.5. The van der Waals surface area contributed by atoms with E-state index < -0.39 is 6.04 Å². The maximum atomic E-state index is 11.8. The Morgan fingerprint density at radius 3 is 3.00 bits per heavy atom. The van der Waals surface area contributed by atoms with Crippen LogP contribution in [-0.2, 0) is 18.3 Å². The van der Waals surface area contributed by atoms with Crippen LogP contribution in [0.25, 0.3) is 0 Å². The lowest BCUT2D eigenvalue weighted by Crippen LogP contribution is -2.22. The van der Waals surface area contributed by atoms with Crippen molar-refractivity contribution in [1.29, 1.82) is 0 Å². The van der Waals surface area contributed by atoms with Crippen molar-refractivity contribution >= 4 is 17.1 Å². The zero-order valence-corrected chi connectivity index (χ0v) is 9.65. The fourth-order valence-electron chi connectivity index (χ4n) is 1.40. The van der Waals surface area contributed by atoms with Gasteiger partial charge in [-0.25, -0.2) is 0 Å². The van der Waals surface area contributed by atoms with E-state index in [0.29, 0.717) is 6.42 Å². The van der Waals surface area contributed by atoms with Gasteiger partial charge in [-0.15, -0.1) is 11.3 Å². The van der Waals surface area contributed by atoms with Gasteiger partial charge in [0.05, 0.1) is 17.7 Å². The average molecular weight is 236 g/mol. The van der Waals surface area contributed by atoms with E-state index in [1.807, 2.05) is 0 Å². The highest BCUT2D eigenvalue weighted by Crippen LogP contribution is 2.14. The number of nitrogens with zero attached hydrogens (tertiary/aromatic N) is 3. The van der Waals surface area contributed by atoms with Crippen molar-refractivity contribution in [2.75, 3.05) is 0 Å². The number of Topliss-reactive ketones (excluding diaryl/α,β-unsaturated/α-hetero) is 1. The Kier molecular flexibility index (Phi) is 3.12. The van der Waals surface area contributed by atoms with E-state index >= 15 is 0 Å². The van der Waals surface area contributed by atoms with Crippen LogP contribution in [-0.4, -0.2) is 20.5 Å². The van der Waals surface area contributed by atoms with Gasteiger partial charge in [-0.3, -0.25) is 14.5 Å². The van der Waals surface area contributed by atoms with Crippen molar-refractivity contribution in [3.05, 3.63) is 34.5 Å². The Hall–Kier alpha value is -1.53. The van der Waals surface area contributed by atoms with E-state index in [1.54, 1.807) is 35.8 Å². The highest BCUT2D eigenvalue weighted by atomic mass is 32.1. The molecule has 0 bridgehead atoms. The van der Waals surface area contributed by atoms with Crippen molar-refractivity contribution in [3.63, 3.8) is 0 Å². The molecule has 0 fully saturated rings. The molecular weight excluding hydrogens is 224 g/mol. The molecule has 1 atom stereocenters. The number of carbonyl (C=O) groups excluding carboxylic acids is 1. The van der Waals surface area contributed by atoms with Gasteiger partial charge < -0.3 is 5.73 Å².